The second-order valence-electron chi connectivity index (χ2n) is 3.96. The molecule has 0 aromatic heterocycles. The lowest BCUT2D eigenvalue weighted by Gasteiger charge is -2.18. The second kappa shape index (κ2) is 5.87. The van der Waals surface area contributed by atoms with Gasteiger partial charge in [-0.05, 0) is 50.5 Å². The van der Waals surface area contributed by atoms with E-state index in [1.165, 1.54) is 0 Å². The van der Waals surface area contributed by atoms with E-state index in [4.69, 9.17) is 16.3 Å². The molecule has 0 heterocycles. The average molecular weight is 252 g/mol. The van der Waals surface area contributed by atoms with Crippen LogP contribution in [0, 0.1) is 13.8 Å². The number of carbonyl (C=O) groups is 1. The first-order valence-electron chi connectivity index (χ1n) is 5.37. The quantitative estimate of drug-likeness (QED) is 0.597. The van der Waals surface area contributed by atoms with E-state index in [2.05, 4.69) is 13.5 Å². The third kappa shape index (κ3) is 3.60. The van der Waals surface area contributed by atoms with Crippen LogP contribution >= 0.6 is 11.6 Å². The van der Waals surface area contributed by atoms with E-state index in [0.717, 1.165) is 11.1 Å². The Hall–Kier alpha value is -1.28. The molecular weight excluding hydrogens is 236 g/mol. The topological polar surface area (TPSA) is 26.3 Å². The van der Waals surface area contributed by atoms with Gasteiger partial charge in [0.25, 0.3) is 0 Å². The summed E-state index contributed by atoms with van der Waals surface area (Å²) in [6.07, 6.45) is 0.0816. The maximum atomic E-state index is 11.5. The maximum absolute atomic E-state index is 11.5. The van der Waals surface area contributed by atoms with E-state index in [-0.39, 0.29) is 6.10 Å². The molecule has 0 amide bonds. The minimum Gasteiger partial charge on any atom is -0.454 e. The van der Waals surface area contributed by atoms with E-state index in [9.17, 15) is 4.79 Å². The molecule has 1 aromatic carbocycles. The van der Waals surface area contributed by atoms with Crippen molar-refractivity contribution >= 4 is 17.6 Å². The van der Waals surface area contributed by atoms with Gasteiger partial charge < -0.3 is 4.74 Å². The van der Waals surface area contributed by atoms with Crippen molar-refractivity contribution in [1.29, 1.82) is 0 Å². The Balaban J connectivity index is 2.97. The Bertz CT molecular complexity index is 438. The molecule has 1 radical (unpaired) electrons. The monoisotopic (exact) mass is 251 g/mol. The highest BCUT2D eigenvalue weighted by Crippen LogP contribution is 2.27. The Morgan fingerprint density at radius 3 is 2.71 bits per heavy atom. The minimum atomic E-state index is -0.405. The third-order valence-electron chi connectivity index (χ3n) is 2.45. The first-order chi connectivity index (χ1) is 7.95. The SMILES string of the molecule is [CH2]CC(OC(=O)C(=C)C)c1cc(Cl)ccc1C. The van der Waals surface area contributed by atoms with Crippen LogP contribution in [0.1, 0.15) is 30.6 Å². The predicted octanol–water partition coefficient (Wildman–Crippen LogP) is 4.03. The summed E-state index contributed by atoms with van der Waals surface area (Å²) in [5.41, 5.74) is 2.29. The van der Waals surface area contributed by atoms with E-state index >= 15 is 0 Å². The molecule has 0 spiro atoms. The zero-order valence-electron chi connectivity index (χ0n) is 10.1. The zero-order valence-corrected chi connectivity index (χ0v) is 10.9. The van der Waals surface area contributed by atoms with Crippen molar-refractivity contribution in [2.24, 2.45) is 0 Å². The number of aryl methyl sites for hydroxylation is 1. The molecule has 1 unspecified atom stereocenters. The van der Waals surface area contributed by atoms with Gasteiger partial charge in [-0.15, -0.1) is 0 Å². The molecule has 0 N–H and O–H groups in total. The lowest BCUT2D eigenvalue weighted by molar-refractivity contribution is -0.144. The standard InChI is InChI=1S/C14H16ClO2/c1-5-13(17-14(16)9(2)3)12-8-11(15)7-6-10(12)4/h6-8,13H,1-2,5H2,3-4H3. The molecule has 0 saturated carbocycles. The van der Waals surface area contributed by atoms with Crippen LogP contribution in [0.15, 0.2) is 30.4 Å². The van der Waals surface area contributed by atoms with Gasteiger partial charge in [0.1, 0.15) is 6.10 Å². The van der Waals surface area contributed by atoms with Crippen LogP contribution in [-0.2, 0) is 9.53 Å². The largest absolute Gasteiger partial charge is 0.454 e. The number of rotatable bonds is 4. The van der Waals surface area contributed by atoms with Gasteiger partial charge in [0.2, 0.25) is 0 Å². The predicted molar refractivity (Wildman–Crippen MR) is 69.8 cm³/mol. The fourth-order valence-electron chi connectivity index (χ4n) is 1.47. The number of carbonyl (C=O) groups excluding carboxylic acids is 1. The number of hydrogen-bond acceptors (Lipinski definition) is 2. The van der Waals surface area contributed by atoms with Crippen LogP contribution in [0.2, 0.25) is 5.02 Å². The highest BCUT2D eigenvalue weighted by molar-refractivity contribution is 6.30. The van der Waals surface area contributed by atoms with Crippen LogP contribution in [0.25, 0.3) is 0 Å². The van der Waals surface area contributed by atoms with Crippen molar-refractivity contribution < 1.29 is 9.53 Å². The molecule has 1 aromatic rings. The summed E-state index contributed by atoms with van der Waals surface area (Å²) >= 11 is 5.94. The van der Waals surface area contributed by atoms with Gasteiger partial charge in [-0.25, -0.2) is 4.79 Å². The van der Waals surface area contributed by atoms with Crippen molar-refractivity contribution in [3.05, 3.63) is 53.4 Å². The van der Waals surface area contributed by atoms with Crippen LogP contribution < -0.4 is 0 Å². The smallest absolute Gasteiger partial charge is 0.333 e. The molecule has 0 bridgehead atoms. The average Bonchev–Trinajstić information content (AvgIpc) is 2.29. The van der Waals surface area contributed by atoms with Crippen molar-refractivity contribution in [3.8, 4) is 0 Å². The van der Waals surface area contributed by atoms with Gasteiger partial charge in [0.15, 0.2) is 0 Å². The molecule has 0 saturated heterocycles. The fraction of sp³-hybridized carbons (Fsp3) is 0.286. The molecule has 0 aliphatic rings. The molecule has 1 rings (SSSR count). The summed E-state index contributed by atoms with van der Waals surface area (Å²) in [7, 11) is 0. The lowest BCUT2D eigenvalue weighted by atomic mass is 10.0. The van der Waals surface area contributed by atoms with Crippen LogP contribution in [-0.4, -0.2) is 5.97 Å². The van der Waals surface area contributed by atoms with E-state index in [0.29, 0.717) is 17.0 Å². The van der Waals surface area contributed by atoms with E-state index in [1.54, 1.807) is 19.1 Å². The summed E-state index contributed by atoms with van der Waals surface area (Å²) in [5, 5.41) is 0.621. The molecule has 17 heavy (non-hydrogen) atoms. The molecule has 2 nitrogen and oxygen atoms in total. The Kier molecular flexibility index (Phi) is 4.76. The number of esters is 1. The van der Waals surface area contributed by atoms with E-state index in [1.807, 2.05) is 13.0 Å². The van der Waals surface area contributed by atoms with Crippen molar-refractivity contribution in [2.75, 3.05) is 0 Å². The maximum Gasteiger partial charge on any atom is 0.333 e. The summed E-state index contributed by atoms with van der Waals surface area (Å²) in [5.74, 6) is -0.405. The highest BCUT2D eigenvalue weighted by Gasteiger charge is 2.17. The van der Waals surface area contributed by atoms with Crippen LogP contribution in [0.5, 0.6) is 0 Å². The van der Waals surface area contributed by atoms with Gasteiger partial charge in [-0.3, -0.25) is 0 Å². The van der Waals surface area contributed by atoms with Gasteiger partial charge in [-0.2, -0.15) is 0 Å². The molecule has 3 heteroatoms. The summed E-state index contributed by atoms with van der Waals surface area (Å²) in [6, 6.07) is 5.51. The fourth-order valence-corrected chi connectivity index (χ4v) is 1.65. The second-order valence-corrected chi connectivity index (χ2v) is 4.40. The van der Waals surface area contributed by atoms with Gasteiger partial charge in [-0.1, -0.05) is 24.2 Å². The lowest BCUT2D eigenvalue weighted by Crippen LogP contribution is -2.12. The van der Waals surface area contributed by atoms with Crippen LogP contribution in [0.3, 0.4) is 0 Å². The van der Waals surface area contributed by atoms with E-state index < -0.39 is 5.97 Å². The van der Waals surface area contributed by atoms with Crippen molar-refractivity contribution in [2.45, 2.75) is 26.4 Å². The van der Waals surface area contributed by atoms with Gasteiger partial charge in [0, 0.05) is 10.6 Å². The summed E-state index contributed by atoms with van der Waals surface area (Å²) in [6.45, 7) is 10.9. The van der Waals surface area contributed by atoms with Gasteiger partial charge >= 0.3 is 5.97 Å². The van der Waals surface area contributed by atoms with Crippen molar-refractivity contribution in [1.82, 2.24) is 0 Å². The zero-order chi connectivity index (χ0) is 13.0. The summed E-state index contributed by atoms with van der Waals surface area (Å²) < 4.78 is 5.32. The molecule has 0 aliphatic carbocycles. The Morgan fingerprint density at radius 2 is 2.18 bits per heavy atom. The Labute approximate surface area is 107 Å². The molecular formula is C14H16ClO2. The molecule has 0 aliphatic heterocycles. The Morgan fingerprint density at radius 1 is 1.53 bits per heavy atom. The third-order valence-corrected chi connectivity index (χ3v) is 2.68. The number of benzene rings is 1. The normalized spacial score (nSPS) is 12.0. The molecule has 91 valence electrons. The molecule has 0 fully saturated rings. The minimum absolute atomic E-state index is 0.377. The van der Waals surface area contributed by atoms with Gasteiger partial charge in [0.05, 0.1) is 0 Å². The number of halogens is 1. The highest BCUT2D eigenvalue weighted by atomic mass is 35.5. The molecule has 1 atom stereocenters. The number of hydrogen-bond donors (Lipinski definition) is 0. The van der Waals surface area contributed by atoms with Crippen LogP contribution in [0.4, 0.5) is 0 Å². The first-order valence-corrected chi connectivity index (χ1v) is 5.75. The van der Waals surface area contributed by atoms with Crippen molar-refractivity contribution in [3.63, 3.8) is 0 Å². The first kappa shape index (κ1) is 13.8. The number of ether oxygens (including phenoxy) is 1. The summed E-state index contributed by atoms with van der Waals surface area (Å²) in [4.78, 5) is 11.5.